The van der Waals surface area contributed by atoms with Gasteiger partial charge in [0.15, 0.2) is 0 Å². The van der Waals surface area contributed by atoms with Crippen molar-refractivity contribution in [2.75, 3.05) is 7.11 Å². The Morgan fingerprint density at radius 1 is 1.27 bits per heavy atom. The van der Waals surface area contributed by atoms with E-state index in [-0.39, 0.29) is 30.2 Å². The van der Waals surface area contributed by atoms with Gasteiger partial charge in [0.1, 0.15) is 6.04 Å². The molecule has 128 valence electrons. The first kappa shape index (κ1) is 19.2. The van der Waals surface area contributed by atoms with Gasteiger partial charge in [0, 0.05) is 18.5 Å². The van der Waals surface area contributed by atoms with Gasteiger partial charge in [-0.1, -0.05) is 20.3 Å². The molecule has 2 rings (SSSR count). The van der Waals surface area contributed by atoms with Gasteiger partial charge >= 0.3 is 5.97 Å². The van der Waals surface area contributed by atoms with Crippen molar-refractivity contribution in [2.45, 2.75) is 70.5 Å². The summed E-state index contributed by atoms with van der Waals surface area (Å²) < 4.78 is 4.81. The van der Waals surface area contributed by atoms with E-state index >= 15 is 0 Å². The fourth-order valence-corrected chi connectivity index (χ4v) is 3.63. The average Bonchev–Trinajstić information content (AvgIpc) is 2.82. The van der Waals surface area contributed by atoms with Crippen LogP contribution in [0.2, 0.25) is 0 Å². The predicted octanol–water partition coefficient (Wildman–Crippen LogP) is 2.03. The number of hydrogen-bond acceptors (Lipinski definition) is 4. The van der Waals surface area contributed by atoms with Gasteiger partial charge in [0.05, 0.1) is 7.11 Å². The van der Waals surface area contributed by atoms with Crippen molar-refractivity contribution < 1.29 is 14.3 Å². The Hall–Kier alpha value is -0.810. The van der Waals surface area contributed by atoms with Crippen LogP contribution < -0.4 is 10.6 Å². The summed E-state index contributed by atoms with van der Waals surface area (Å²) in [5.41, 5.74) is 0. The molecule has 4 atom stereocenters. The van der Waals surface area contributed by atoms with Crippen molar-refractivity contribution >= 4 is 24.3 Å². The summed E-state index contributed by atoms with van der Waals surface area (Å²) in [5.74, 6) is 0.171. The van der Waals surface area contributed by atoms with E-state index in [2.05, 4.69) is 10.6 Å². The van der Waals surface area contributed by atoms with E-state index in [0.29, 0.717) is 24.4 Å². The number of fused-ring (bicyclic) bond motifs is 2. The van der Waals surface area contributed by atoms with Crippen LogP contribution in [0.3, 0.4) is 0 Å². The number of ether oxygens (including phenoxy) is 1. The minimum atomic E-state index is -0.522. The van der Waals surface area contributed by atoms with Gasteiger partial charge in [0.2, 0.25) is 5.91 Å². The molecular formula is C16H29ClN2O3. The first-order valence-corrected chi connectivity index (χ1v) is 8.16. The molecule has 0 aromatic carbocycles. The first-order chi connectivity index (χ1) is 10.0. The maximum absolute atomic E-state index is 12.3. The number of nitrogens with one attached hydrogen (secondary N) is 2. The second-order valence-corrected chi connectivity index (χ2v) is 6.63. The van der Waals surface area contributed by atoms with Gasteiger partial charge in [-0.3, -0.25) is 4.79 Å². The lowest BCUT2D eigenvalue weighted by Gasteiger charge is -2.29. The van der Waals surface area contributed by atoms with Gasteiger partial charge in [0.25, 0.3) is 0 Å². The molecule has 0 aromatic heterocycles. The molecule has 0 aromatic rings. The van der Waals surface area contributed by atoms with Crippen LogP contribution in [0.5, 0.6) is 0 Å². The standard InChI is InChI=1S/C16H28N2O3.ClH/c1-4-10(2)15(16(20)21-3)18-14(19)9-11-7-12-5-6-13(8-11)17-12;/h10-13,15,17H,4-9H2,1-3H3,(H,18,19);1H/t10-,11?,12?,13?,15-;/m0./s1. The highest BCUT2D eigenvalue weighted by Crippen LogP contribution is 2.32. The van der Waals surface area contributed by atoms with Crippen molar-refractivity contribution in [3.8, 4) is 0 Å². The normalized spacial score (nSPS) is 29.1. The summed E-state index contributed by atoms with van der Waals surface area (Å²) in [6.45, 7) is 3.98. The molecule has 5 nitrogen and oxygen atoms in total. The number of rotatable bonds is 6. The molecule has 2 unspecified atom stereocenters. The summed E-state index contributed by atoms with van der Waals surface area (Å²) in [7, 11) is 1.37. The van der Waals surface area contributed by atoms with Crippen LogP contribution in [0, 0.1) is 11.8 Å². The van der Waals surface area contributed by atoms with Gasteiger partial charge in [-0.15, -0.1) is 12.4 Å². The molecule has 2 aliphatic heterocycles. The molecule has 2 heterocycles. The Labute approximate surface area is 139 Å². The van der Waals surface area contributed by atoms with E-state index in [1.165, 1.54) is 20.0 Å². The lowest BCUT2D eigenvalue weighted by molar-refractivity contribution is -0.146. The zero-order valence-electron chi connectivity index (χ0n) is 13.8. The van der Waals surface area contributed by atoms with Crippen LogP contribution in [0.15, 0.2) is 0 Å². The fourth-order valence-electron chi connectivity index (χ4n) is 3.63. The quantitative estimate of drug-likeness (QED) is 0.730. The molecule has 22 heavy (non-hydrogen) atoms. The number of methoxy groups -OCH3 is 1. The van der Waals surface area contributed by atoms with E-state index in [4.69, 9.17) is 4.74 Å². The van der Waals surface area contributed by atoms with E-state index in [9.17, 15) is 9.59 Å². The van der Waals surface area contributed by atoms with Gasteiger partial charge < -0.3 is 15.4 Å². The number of hydrogen-bond donors (Lipinski definition) is 2. The average molecular weight is 333 g/mol. The Balaban J connectivity index is 0.00000242. The van der Waals surface area contributed by atoms with Crippen LogP contribution >= 0.6 is 12.4 Å². The Morgan fingerprint density at radius 3 is 2.36 bits per heavy atom. The molecule has 0 radical (unpaired) electrons. The molecule has 6 heteroatoms. The molecule has 0 spiro atoms. The van der Waals surface area contributed by atoms with Crippen LogP contribution in [0.1, 0.15) is 52.4 Å². The lowest BCUT2D eigenvalue weighted by Crippen LogP contribution is -2.47. The number of carbonyl (C=O) groups is 2. The van der Waals surface area contributed by atoms with E-state index in [0.717, 1.165) is 19.3 Å². The second-order valence-electron chi connectivity index (χ2n) is 6.63. The van der Waals surface area contributed by atoms with Crippen LogP contribution in [0.4, 0.5) is 0 Å². The lowest BCUT2D eigenvalue weighted by atomic mass is 9.89. The zero-order valence-corrected chi connectivity index (χ0v) is 14.6. The SMILES string of the molecule is CC[C@H](C)[C@H](NC(=O)CC1CC2CCC(C1)N2)C(=O)OC.Cl. The monoisotopic (exact) mass is 332 g/mol. The molecule has 0 saturated carbocycles. The van der Waals surface area contributed by atoms with Crippen LogP contribution in [0.25, 0.3) is 0 Å². The van der Waals surface area contributed by atoms with E-state index in [1.54, 1.807) is 0 Å². The molecular weight excluding hydrogens is 304 g/mol. The highest BCUT2D eigenvalue weighted by molar-refractivity contribution is 5.85. The van der Waals surface area contributed by atoms with E-state index < -0.39 is 6.04 Å². The Morgan fingerprint density at radius 2 is 1.86 bits per heavy atom. The van der Waals surface area contributed by atoms with Crippen molar-refractivity contribution in [1.82, 2.24) is 10.6 Å². The van der Waals surface area contributed by atoms with Crippen LogP contribution in [-0.4, -0.2) is 37.1 Å². The zero-order chi connectivity index (χ0) is 15.4. The first-order valence-electron chi connectivity index (χ1n) is 8.16. The fraction of sp³-hybridized carbons (Fsp3) is 0.875. The molecule has 0 aliphatic carbocycles. The van der Waals surface area contributed by atoms with Gasteiger partial charge in [-0.2, -0.15) is 0 Å². The van der Waals surface area contributed by atoms with Gasteiger partial charge in [-0.05, 0) is 37.5 Å². The third-order valence-corrected chi connectivity index (χ3v) is 5.03. The van der Waals surface area contributed by atoms with Crippen molar-refractivity contribution in [3.05, 3.63) is 0 Å². The van der Waals surface area contributed by atoms with Gasteiger partial charge in [-0.25, -0.2) is 4.79 Å². The second kappa shape index (κ2) is 8.73. The molecule has 2 bridgehead atoms. The molecule has 2 aliphatic rings. The highest BCUT2D eigenvalue weighted by atomic mass is 35.5. The topological polar surface area (TPSA) is 67.4 Å². The highest BCUT2D eigenvalue weighted by Gasteiger charge is 2.35. The number of amides is 1. The Bertz CT molecular complexity index is 380. The van der Waals surface area contributed by atoms with E-state index in [1.807, 2.05) is 13.8 Å². The van der Waals surface area contributed by atoms with Crippen molar-refractivity contribution in [1.29, 1.82) is 0 Å². The Kier molecular flexibility index (Phi) is 7.63. The minimum absolute atomic E-state index is 0. The number of esters is 1. The number of halogens is 1. The summed E-state index contributed by atoms with van der Waals surface area (Å²) in [6, 6.07) is 0.658. The summed E-state index contributed by atoms with van der Waals surface area (Å²) in [4.78, 5) is 24.1. The predicted molar refractivity (Wildman–Crippen MR) is 87.9 cm³/mol. The largest absolute Gasteiger partial charge is 0.467 e. The van der Waals surface area contributed by atoms with Crippen LogP contribution in [-0.2, 0) is 14.3 Å². The molecule has 1 amide bonds. The molecule has 2 N–H and O–H groups in total. The molecule has 2 saturated heterocycles. The molecule has 2 fully saturated rings. The minimum Gasteiger partial charge on any atom is -0.467 e. The third-order valence-electron chi connectivity index (χ3n) is 5.03. The summed E-state index contributed by atoms with van der Waals surface area (Å²) in [6.07, 6.45) is 5.99. The number of piperidine rings is 1. The smallest absolute Gasteiger partial charge is 0.328 e. The van der Waals surface area contributed by atoms with Crippen molar-refractivity contribution in [2.24, 2.45) is 11.8 Å². The van der Waals surface area contributed by atoms with Crippen molar-refractivity contribution in [3.63, 3.8) is 0 Å². The summed E-state index contributed by atoms with van der Waals surface area (Å²) >= 11 is 0. The third kappa shape index (κ3) is 4.85. The number of carbonyl (C=O) groups excluding carboxylic acids is 2. The maximum atomic E-state index is 12.3. The summed E-state index contributed by atoms with van der Waals surface area (Å²) in [5, 5.41) is 6.47. The maximum Gasteiger partial charge on any atom is 0.328 e.